The Morgan fingerprint density at radius 3 is 2.56 bits per heavy atom. The molecule has 0 saturated carbocycles. The van der Waals surface area contributed by atoms with Gasteiger partial charge < -0.3 is 36.8 Å². The van der Waals surface area contributed by atoms with E-state index in [0.717, 1.165) is 44.5 Å². The van der Waals surface area contributed by atoms with Gasteiger partial charge in [-0.1, -0.05) is 19.1 Å². The molecule has 1 aliphatic rings. The Labute approximate surface area is 264 Å². The molecule has 1 atom stereocenters. The zero-order valence-electron chi connectivity index (χ0n) is 26.2. The standard InChI is InChI=1S/C33H43N9O3/c1-4-17-35-31-28(22-36-33(40-31)39-25-14-12-23(13-15-25)30(34)44)32(45)38-27-9-5-8-26(21-27)37-24-10-6-19-42(20-16-24)29(43)11-7-18-41(2)3/h5,7-9,11-15,21-22,24,37H,4,6,10,16-20H2,1-3H3,(H2,34,44)(H,38,45)(H2,35,36,39,40). The minimum atomic E-state index is -0.506. The zero-order valence-corrected chi connectivity index (χ0v) is 26.2. The topological polar surface area (TPSA) is 158 Å². The van der Waals surface area contributed by atoms with Gasteiger partial charge in [0, 0.05) is 67.1 Å². The van der Waals surface area contributed by atoms with Crippen molar-refractivity contribution in [3.63, 3.8) is 0 Å². The minimum absolute atomic E-state index is 0.0571. The number of likely N-dealkylation sites (tertiary alicyclic amines) is 1. The van der Waals surface area contributed by atoms with Gasteiger partial charge in [0.05, 0.1) is 0 Å². The molecule has 0 radical (unpaired) electrons. The number of anilines is 5. The molecule has 0 spiro atoms. The quantitative estimate of drug-likeness (QED) is 0.177. The van der Waals surface area contributed by atoms with Crippen molar-refractivity contribution in [1.29, 1.82) is 0 Å². The molecule has 3 aromatic rings. The van der Waals surface area contributed by atoms with Crippen molar-refractivity contribution in [3.8, 4) is 0 Å². The molecule has 12 heteroatoms. The molecule has 6 N–H and O–H groups in total. The average molecular weight is 614 g/mol. The number of nitrogens with zero attached hydrogens (tertiary/aromatic N) is 4. The predicted molar refractivity (Wildman–Crippen MR) is 179 cm³/mol. The van der Waals surface area contributed by atoms with Crippen molar-refractivity contribution in [2.75, 3.05) is 61.5 Å². The lowest BCUT2D eigenvalue weighted by Gasteiger charge is -2.20. The molecule has 2 heterocycles. The van der Waals surface area contributed by atoms with Gasteiger partial charge in [0.15, 0.2) is 0 Å². The summed E-state index contributed by atoms with van der Waals surface area (Å²) in [5, 5.41) is 12.9. The fourth-order valence-electron chi connectivity index (χ4n) is 4.89. The van der Waals surface area contributed by atoms with Crippen molar-refractivity contribution in [2.24, 2.45) is 5.73 Å². The van der Waals surface area contributed by atoms with Crippen LogP contribution in [0.3, 0.4) is 0 Å². The summed E-state index contributed by atoms with van der Waals surface area (Å²) in [4.78, 5) is 50.1. The van der Waals surface area contributed by atoms with Crippen LogP contribution in [0.25, 0.3) is 0 Å². The van der Waals surface area contributed by atoms with Crippen LogP contribution in [0.5, 0.6) is 0 Å². The Hall–Kier alpha value is -4.97. The Morgan fingerprint density at radius 1 is 1.04 bits per heavy atom. The smallest absolute Gasteiger partial charge is 0.260 e. The van der Waals surface area contributed by atoms with E-state index < -0.39 is 5.91 Å². The largest absolute Gasteiger partial charge is 0.382 e. The molecule has 1 fully saturated rings. The van der Waals surface area contributed by atoms with Crippen molar-refractivity contribution < 1.29 is 14.4 Å². The van der Waals surface area contributed by atoms with Crippen molar-refractivity contribution in [1.82, 2.24) is 19.8 Å². The summed E-state index contributed by atoms with van der Waals surface area (Å²) in [5.41, 5.74) is 8.24. The predicted octanol–water partition coefficient (Wildman–Crippen LogP) is 4.30. The van der Waals surface area contributed by atoms with E-state index >= 15 is 0 Å². The van der Waals surface area contributed by atoms with E-state index in [0.29, 0.717) is 47.4 Å². The lowest BCUT2D eigenvalue weighted by Crippen LogP contribution is -2.31. The van der Waals surface area contributed by atoms with Crippen LogP contribution in [-0.4, -0.2) is 83.8 Å². The zero-order chi connectivity index (χ0) is 32.2. The monoisotopic (exact) mass is 613 g/mol. The van der Waals surface area contributed by atoms with E-state index in [1.165, 1.54) is 6.20 Å². The van der Waals surface area contributed by atoms with Gasteiger partial charge in [-0.25, -0.2) is 4.98 Å². The summed E-state index contributed by atoms with van der Waals surface area (Å²) in [7, 11) is 3.95. The summed E-state index contributed by atoms with van der Waals surface area (Å²) in [6.07, 6.45) is 8.59. The molecule has 0 aliphatic carbocycles. The number of hydrogen-bond acceptors (Lipinski definition) is 9. The number of nitrogens with one attached hydrogen (secondary N) is 4. The molecule has 0 bridgehead atoms. The fourth-order valence-corrected chi connectivity index (χ4v) is 4.89. The van der Waals surface area contributed by atoms with Crippen molar-refractivity contribution in [2.45, 2.75) is 38.6 Å². The van der Waals surface area contributed by atoms with Gasteiger partial charge >= 0.3 is 0 Å². The summed E-state index contributed by atoms with van der Waals surface area (Å²) in [6, 6.07) is 14.5. The molecular weight excluding hydrogens is 570 g/mol. The van der Waals surface area contributed by atoms with Crippen LogP contribution >= 0.6 is 0 Å². The maximum absolute atomic E-state index is 13.4. The average Bonchev–Trinajstić information content (AvgIpc) is 3.26. The highest BCUT2D eigenvalue weighted by Gasteiger charge is 2.20. The number of primary amides is 1. The number of carbonyl (C=O) groups excluding carboxylic acids is 3. The molecule has 238 valence electrons. The number of aromatic nitrogens is 2. The van der Waals surface area contributed by atoms with Crippen LogP contribution in [-0.2, 0) is 4.79 Å². The summed E-state index contributed by atoms with van der Waals surface area (Å²) >= 11 is 0. The lowest BCUT2D eigenvalue weighted by molar-refractivity contribution is -0.126. The fraction of sp³-hybridized carbons (Fsp3) is 0.364. The molecule has 1 unspecified atom stereocenters. The van der Waals surface area contributed by atoms with Crippen LogP contribution in [0.2, 0.25) is 0 Å². The van der Waals surface area contributed by atoms with Crippen LogP contribution in [0.4, 0.5) is 28.8 Å². The van der Waals surface area contributed by atoms with Crippen molar-refractivity contribution >= 4 is 46.5 Å². The van der Waals surface area contributed by atoms with Gasteiger partial charge in [-0.15, -0.1) is 0 Å². The number of hydrogen-bond donors (Lipinski definition) is 5. The Kier molecular flexibility index (Phi) is 11.9. The third kappa shape index (κ3) is 10.0. The number of carbonyl (C=O) groups is 3. The maximum atomic E-state index is 13.4. The van der Waals surface area contributed by atoms with Crippen LogP contribution in [0, 0.1) is 0 Å². The minimum Gasteiger partial charge on any atom is -0.382 e. The van der Waals surface area contributed by atoms with Gasteiger partial charge in [0.25, 0.3) is 5.91 Å². The van der Waals surface area contributed by atoms with Gasteiger partial charge in [-0.05, 0) is 82.2 Å². The Balaban J connectivity index is 1.38. The first-order chi connectivity index (χ1) is 21.7. The molecule has 1 saturated heterocycles. The second-order valence-corrected chi connectivity index (χ2v) is 11.2. The van der Waals surface area contributed by atoms with Gasteiger partial charge in [-0.3, -0.25) is 14.4 Å². The molecule has 4 rings (SSSR count). The van der Waals surface area contributed by atoms with E-state index in [9.17, 15) is 14.4 Å². The summed E-state index contributed by atoms with van der Waals surface area (Å²) in [5.74, 6) is -0.0786. The number of nitrogens with two attached hydrogens (primary N) is 1. The normalized spacial score (nSPS) is 15.0. The highest BCUT2D eigenvalue weighted by atomic mass is 16.2. The number of benzene rings is 2. The van der Waals surface area contributed by atoms with E-state index in [1.807, 2.05) is 61.2 Å². The van der Waals surface area contributed by atoms with E-state index in [4.69, 9.17) is 5.73 Å². The summed E-state index contributed by atoms with van der Waals surface area (Å²) in [6.45, 7) is 4.82. The molecule has 3 amide bonds. The van der Waals surface area contributed by atoms with Gasteiger partial charge in [0.1, 0.15) is 11.4 Å². The highest BCUT2D eigenvalue weighted by molar-refractivity contribution is 6.07. The number of likely N-dealkylation sites (N-methyl/N-ethyl adjacent to an activating group) is 1. The first kappa shape index (κ1) is 32.9. The SMILES string of the molecule is CCCNc1nc(Nc2ccc(C(N)=O)cc2)ncc1C(=O)Nc1cccc(NC2CCCN(C(=O)C=CCN(C)C)CC2)c1. The first-order valence-electron chi connectivity index (χ1n) is 15.3. The Morgan fingerprint density at radius 2 is 1.82 bits per heavy atom. The van der Waals surface area contributed by atoms with Crippen LogP contribution < -0.4 is 27.0 Å². The molecular formula is C33H43N9O3. The van der Waals surface area contributed by atoms with Crippen LogP contribution in [0.15, 0.2) is 66.9 Å². The first-order valence-corrected chi connectivity index (χ1v) is 15.3. The summed E-state index contributed by atoms with van der Waals surface area (Å²) < 4.78 is 0. The van der Waals surface area contributed by atoms with Gasteiger partial charge in [0.2, 0.25) is 17.8 Å². The van der Waals surface area contributed by atoms with Gasteiger partial charge in [-0.2, -0.15) is 4.98 Å². The number of amides is 3. The van der Waals surface area contributed by atoms with Crippen LogP contribution in [0.1, 0.15) is 53.3 Å². The molecule has 2 aromatic carbocycles. The van der Waals surface area contributed by atoms with E-state index in [-0.39, 0.29) is 17.9 Å². The maximum Gasteiger partial charge on any atom is 0.260 e. The second kappa shape index (κ2) is 16.2. The number of rotatable bonds is 13. The molecule has 45 heavy (non-hydrogen) atoms. The molecule has 1 aliphatic heterocycles. The van der Waals surface area contributed by atoms with E-state index in [1.54, 1.807) is 30.3 Å². The second-order valence-electron chi connectivity index (χ2n) is 11.2. The highest BCUT2D eigenvalue weighted by Crippen LogP contribution is 2.23. The molecule has 1 aromatic heterocycles. The third-order valence-corrected chi connectivity index (χ3v) is 7.26. The van der Waals surface area contributed by atoms with E-state index in [2.05, 4.69) is 31.2 Å². The lowest BCUT2D eigenvalue weighted by atomic mass is 10.1. The Bertz CT molecular complexity index is 1490. The van der Waals surface area contributed by atoms with Crippen molar-refractivity contribution in [3.05, 3.63) is 78.0 Å². The third-order valence-electron chi connectivity index (χ3n) is 7.26. The molecule has 12 nitrogen and oxygen atoms in total.